The summed E-state index contributed by atoms with van der Waals surface area (Å²) in [5.74, 6) is -0.241. The Morgan fingerprint density at radius 2 is 1.83 bits per heavy atom. The molecule has 3 aromatic rings. The Kier molecular flexibility index (Phi) is 6.95. The van der Waals surface area contributed by atoms with Gasteiger partial charge in [-0.1, -0.05) is 26.0 Å². The predicted molar refractivity (Wildman–Crippen MR) is 125 cm³/mol. The van der Waals surface area contributed by atoms with Gasteiger partial charge in [0.1, 0.15) is 17.3 Å². The third-order valence-corrected chi connectivity index (χ3v) is 7.50. The van der Waals surface area contributed by atoms with Gasteiger partial charge in [0.25, 0.3) is 5.91 Å². The van der Waals surface area contributed by atoms with Gasteiger partial charge in [-0.25, -0.2) is 19.3 Å². The molecule has 1 amide bonds. The van der Waals surface area contributed by atoms with E-state index in [2.05, 4.69) is 28.8 Å². The van der Waals surface area contributed by atoms with Crippen molar-refractivity contribution in [2.24, 2.45) is 5.41 Å². The molecule has 3 heterocycles. The van der Waals surface area contributed by atoms with Gasteiger partial charge in [-0.05, 0) is 49.3 Å². The van der Waals surface area contributed by atoms with E-state index < -0.39 is 11.7 Å². The van der Waals surface area contributed by atoms with E-state index in [0.717, 1.165) is 35.8 Å². The predicted octanol–water partition coefficient (Wildman–Crippen LogP) is 6.33. The summed E-state index contributed by atoms with van der Waals surface area (Å²) in [6, 6.07) is 5.82. The van der Waals surface area contributed by atoms with Crippen LogP contribution in [-0.4, -0.2) is 38.3 Å². The molecule has 1 fully saturated rings. The Morgan fingerprint density at radius 3 is 2.46 bits per heavy atom. The van der Waals surface area contributed by atoms with Crippen LogP contribution in [-0.2, 0) is 12.6 Å². The summed E-state index contributed by atoms with van der Waals surface area (Å²) >= 11 is 1.39. The number of benzene rings is 1. The second-order valence-corrected chi connectivity index (χ2v) is 10.7. The first kappa shape index (κ1) is 25.2. The zero-order chi connectivity index (χ0) is 25.4. The Morgan fingerprint density at radius 1 is 1.17 bits per heavy atom. The number of thiazole rings is 1. The fraction of sp³-hybridized carbons (Fsp3) is 0.440. The van der Waals surface area contributed by atoms with Crippen molar-refractivity contribution in [3.8, 4) is 10.4 Å². The average molecular weight is 507 g/mol. The standard InChI is InChI=1S/C25H26F4N4OS/c1-15-32-21(22(35-15)16-5-7-18(26)8-6-16)23(34)33-12-4-11-24(2,3)19(33)9-10-20-30-13-17(14-31-20)25(27,28)29/h5-8,13-14,19H,4,9-12H2,1-3H3. The summed E-state index contributed by atoms with van der Waals surface area (Å²) in [6.45, 7) is 6.57. The van der Waals surface area contributed by atoms with E-state index in [1.54, 1.807) is 12.1 Å². The molecule has 0 bridgehead atoms. The van der Waals surface area contributed by atoms with Gasteiger partial charge in [0.05, 0.1) is 15.4 Å². The average Bonchev–Trinajstić information content (AvgIpc) is 3.19. The number of carbonyl (C=O) groups is 1. The van der Waals surface area contributed by atoms with E-state index >= 15 is 0 Å². The normalized spacial score (nSPS) is 18.0. The third kappa shape index (κ3) is 5.52. The van der Waals surface area contributed by atoms with Crippen LogP contribution in [0.2, 0.25) is 0 Å². The summed E-state index contributed by atoms with van der Waals surface area (Å²) in [6.07, 6.45) is -0.289. The maximum atomic E-state index is 13.8. The number of piperidine rings is 1. The molecular formula is C25H26F4N4OS. The summed E-state index contributed by atoms with van der Waals surface area (Å²) in [5, 5.41) is 0.735. The zero-order valence-electron chi connectivity index (χ0n) is 19.7. The molecular weight excluding hydrogens is 480 g/mol. The lowest BCUT2D eigenvalue weighted by molar-refractivity contribution is -0.138. The van der Waals surface area contributed by atoms with Gasteiger partial charge in [-0.2, -0.15) is 13.2 Å². The highest BCUT2D eigenvalue weighted by molar-refractivity contribution is 7.15. The van der Waals surface area contributed by atoms with Crippen molar-refractivity contribution in [1.29, 1.82) is 0 Å². The maximum Gasteiger partial charge on any atom is 0.419 e. The smallest absolute Gasteiger partial charge is 0.334 e. The third-order valence-electron chi connectivity index (χ3n) is 6.48. The summed E-state index contributed by atoms with van der Waals surface area (Å²) < 4.78 is 51.9. The fourth-order valence-electron chi connectivity index (χ4n) is 4.64. The minimum Gasteiger partial charge on any atom is -0.334 e. The Labute approximate surface area is 205 Å². The highest BCUT2D eigenvalue weighted by Crippen LogP contribution is 2.40. The lowest BCUT2D eigenvalue weighted by Crippen LogP contribution is -2.52. The number of nitrogens with zero attached hydrogens (tertiary/aromatic N) is 4. The molecule has 10 heteroatoms. The second-order valence-electron chi connectivity index (χ2n) is 9.45. The molecule has 1 aliphatic rings. The van der Waals surface area contributed by atoms with Crippen molar-refractivity contribution >= 4 is 17.2 Å². The molecule has 1 atom stereocenters. The molecule has 1 aliphatic heterocycles. The number of likely N-dealkylation sites (tertiary alicyclic amines) is 1. The van der Waals surface area contributed by atoms with Crippen molar-refractivity contribution < 1.29 is 22.4 Å². The first-order valence-electron chi connectivity index (χ1n) is 11.4. The quantitative estimate of drug-likeness (QED) is 0.380. The SMILES string of the molecule is Cc1nc(C(=O)N2CCCC(C)(C)C2CCc2ncc(C(F)(F)F)cn2)c(-c2ccc(F)cc2)s1. The summed E-state index contributed by atoms with van der Waals surface area (Å²) in [5.41, 5.74) is -0.0248. The van der Waals surface area contributed by atoms with Gasteiger partial charge in [-0.3, -0.25) is 4.79 Å². The van der Waals surface area contributed by atoms with Crippen LogP contribution >= 0.6 is 11.3 Å². The summed E-state index contributed by atoms with van der Waals surface area (Å²) in [4.78, 5) is 28.6. The van der Waals surface area contributed by atoms with E-state index in [1.165, 1.54) is 23.5 Å². The van der Waals surface area contributed by atoms with Crippen molar-refractivity contribution in [1.82, 2.24) is 19.9 Å². The minimum atomic E-state index is -4.49. The second kappa shape index (κ2) is 9.64. The van der Waals surface area contributed by atoms with Crippen LogP contribution in [0.1, 0.15) is 60.0 Å². The highest BCUT2D eigenvalue weighted by Gasteiger charge is 2.41. The van der Waals surface area contributed by atoms with Crippen molar-refractivity contribution in [3.63, 3.8) is 0 Å². The van der Waals surface area contributed by atoms with E-state index in [4.69, 9.17) is 0 Å². The molecule has 1 unspecified atom stereocenters. The van der Waals surface area contributed by atoms with Crippen LogP contribution in [0.15, 0.2) is 36.7 Å². The number of carbonyl (C=O) groups excluding carboxylic acids is 1. The number of rotatable bonds is 5. The molecule has 0 N–H and O–H groups in total. The Balaban J connectivity index is 1.58. The Bertz CT molecular complexity index is 1190. The van der Waals surface area contributed by atoms with Crippen LogP contribution in [0.5, 0.6) is 0 Å². The molecule has 0 aliphatic carbocycles. The van der Waals surface area contributed by atoms with Crippen LogP contribution in [0.25, 0.3) is 10.4 Å². The summed E-state index contributed by atoms with van der Waals surface area (Å²) in [7, 11) is 0. The van der Waals surface area contributed by atoms with Crippen LogP contribution in [0, 0.1) is 18.2 Å². The molecule has 35 heavy (non-hydrogen) atoms. The zero-order valence-corrected chi connectivity index (χ0v) is 20.5. The topological polar surface area (TPSA) is 59.0 Å². The van der Waals surface area contributed by atoms with Gasteiger partial charge >= 0.3 is 6.18 Å². The molecule has 1 aromatic carbocycles. The lowest BCUT2D eigenvalue weighted by Gasteiger charge is -2.46. The van der Waals surface area contributed by atoms with E-state index in [0.29, 0.717) is 35.8 Å². The van der Waals surface area contributed by atoms with Crippen molar-refractivity contribution in [2.75, 3.05) is 6.54 Å². The van der Waals surface area contributed by atoms with Crippen LogP contribution in [0.4, 0.5) is 17.6 Å². The van der Waals surface area contributed by atoms with Crippen molar-refractivity contribution in [2.45, 2.75) is 58.7 Å². The van der Waals surface area contributed by atoms with E-state index in [9.17, 15) is 22.4 Å². The minimum absolute atomic E-state index is 0.169. The molecule has 0 spiro atoms. The first-order chi connectivity index (χ1) is 16.5. The van der Waals surface area contributed by atoms with E-state index in [1.807, 2.05) is 11.8 Å². The molecule has 1 saturated heterocycles. The first-order valence-corrected chi connectivity index (χ1v) is 12.2. The number of halogens is 4. The number of hydrogen-bond acceptors (Lipinski definition) is 5. The molecule has 0 saturated carbocycles. The maximum absolute atomic E-state index is 13.8. The van der Waals surface area contributed by atoms with Crippen LogP contribution in [0.3, 0.4) is 0 Å². The largest absolute Gasteiger partial charge is 0.419 e. The number of alkyl halides is 3. The van der Waals surface area contributed by atoms with Gasteiger partial charge in [0.2, 0.25) is 0 Å². The molecule has 5 nitrogen and oxygen atoms in total. The van der Waals surface area contributed by atoms with E-state index in [-0.39, 0.29) is 23.2 Å². The highest BCUT2D eigenvalue weighted by atomic mass is 32.1. The lowest BCUT2D eigenvalue weighted by atomic mass is 9.74. The van der Waals surface area contributed by atoms with Gasteiger partial charge in [0.15, 0.2) is 0 Å². The number of aryl methyl sites for hydroxylation is 2. The van der Waals surface area contributed by atoms with Gasteiger partial charge < -0.3 is 4.90 Å². The van der Waals surface area contributed by atoms with Gasteiger partial charge in [-0.15, -0.1) is 11.3 Å². The van der Waals surface area contributed by atoms with Gasteiger partial charge in [0, 0.05) is 31.4 Å². The van der Waals surface area contributed by atoms with Crippen molar-refractivity contribution in [3.05, 3.63) is 64.6 Å². The number of amides is 1. The molecule has 0 radical (unpaired) electrons. The fourth-order valence-corrected chi connectivity index (χ4v) is 5.56. The molecule has 186 valence electrons. The molecule has 2 aromatic heterocycles. The monoisotopic (exact) mass is 506 g/mol. The molecule has 4 rings (SSSR count). The Hall–Kier alpha value is -2.88. The number of hydrogen-bond donors (Lipinski definition) is 0. The van der Waals surface area contributed by atoms with Crippen LogP contribution < -0.4 is 0 Å². The number of aromatic nitrogens is 3.